The van der Waals surface area contributed by atoms with E-state index in [1.54, 1.807) is 0 Å². The lowest BCUT2D eigenvalue weighted by Crippen LogP contribution is -2.30. The van der Waals surface area contributed by atoms with Crippen LogP contribution in [0.3, 0.4) is 0 Å². The van der Waals surface area contributed by atoms with Gasteiger partial charge in [0, 0.05) is 56.2 Å². The van der Waals surface area contributed by atoms with Gasteiger partial charge in [0.25, 0.3) is 0 Å². The summed E-state index contributed by atoms with van der Waals surface area (Å²) in [5, 5.41) is 2.58. The van der Waals surface area contributed by atoms with Crippen LogP contribution in [0, 0.1) is 0 Å². The zero-order valence-electron chi connectivity index (χ0n) is 24.9. The predicted octanol–water partition coefficient (Wildman–Crippen LogP) is 10.7. The summed E-state index contributed by atoms with van der Waals surface area (Å²) in [6.07, 6.45) is 17.1. The fraction of sp³-hybridized carbons (Fsp3) is 0.0952. The number of benzene rings is 5. The molecule has 0 radical (unpaired) electrons. The van der Waals surface area contributed by atoms with Crippen LogP contribution in [-0.4, -0.2) is 10.6 Å². The lowest BCUT2D eigenvalue weighted by atomic mass is 9.89. The maximum Gasteiger partial charge on any atom is 0.0631 e. The highest BCUT2D eigenvalue weighted by Crippen LogP contribution is 2.49. The van der Waals surface area contributed by atoms with Gasteiger partial charge in [-0.25, -0.2) is 0 Å². The number of rotatable bonds is 5. The second-order valence-corrected chi connectivity index (χ2v) is 12.1. The van der Waals surface area contributed by atoms with Gasteiger partial charge in [-0.3, -0.25) is 0 Å². The maximum atomic E-state index is 2.51. The van der Waals surface area contributed by atoms with Crippen LogP contribution in [0.5, 0.6) is 0 Å². The van der Waals surface area contributed by atoms with Crippen LogP contribution in [-0.2, 0) is 0 Å². The number of nitrogens with zero attached hydrogens (tertiary/aromatic N) is 3. The molecular weight excluding hydrogens is 546 g/mol. The van der Waals surface area contributed by atoms with E-state index in [4.69, 9.17) is 0 Å². The number of fused-ring (bicyclic) bond motifs is 6. The molecule has 0 amide bonds. The van der Waals surface area contributed by atoms with Gasteiger partial charge in [0.15, 0.2) is 0 Å². The number of hydrogen-bond donors (Lipinski definition) is 0. The van der Waals surface area contributed by atoms with Gasteiger partial charge in [-0.15, -0.1) is 0 Å². The van der Waals surface area contributed by atoms with E-state index in [1.807, 2.05) is 0 Å². The molecule has 0 fully saturated rings. The van der Waals surface area contributed by atoms with Crippen molar-refractivity contribution >= 4 is 44.6 Å². The normalized spacial score (nSPS) is 20.0. The summed E-state index contributed by atoms with van der Waals surface area (Å²) in [5.41, 5.74) is 9.94. The average molecular weight is 580 g/mol. The minimum Gasteiger partial charge on any atom is -0.333 e. The SMILES string of the molecule is C1=CCC(n2c3ccccc3c3cc(N(C4=CC5c6ccccc6N(c6ccccc6)C5C=C4)c4ccccc4)ccc32)C=C1. The molecule has 45 heavy (non-hydrogen) atoms. The van der Waals surface area contributed by atoms with Crippen molar-refractivity contribution in [1.29, 1.82) is 0 Å². The van der Waals surface area contributed by atoms with Crippen LogP contribution in [0.1, 0.15) is 23.9 Å². The summed E-state index contributed by atoms with van der Waals surface area (Å²) in [4.78, 5) is 4.92. The Morgan fingerprint density at radius 3 is 2.22 bits per heavy atom. The molecule has 0 bridgehead atoms. The Morgan fingerprint density at radius 1 is 0.622 bits per heavy atom. The van der Waals surface area contributed by atoms with Gasteiger partial charge in [0.05, 0.1) is 12.1 Å². The summed E-state index contributed by atoms with van der Waals surface area (Å²) < 4.78 is 2.51. The van der Waals surface area contributed by atoms with Gasteiger partial charge < -0.3 is 14.4 Å². The molecule has 3 heteroatoms. The quantitative estimate of drug-likeness (QED) is 0.201. The average Bonchev–Trinajstić information content (AvgIpc) is 3.62. The van der Waals surface area contributed by atoms with E-state index in [0.717, 1.165) is 17.8 Å². The molecule has 0 N–H and O–H groups in total. The van der Waals surface area contributed by atoms with Gasteiger partial charge in [0.1, 0.15) is 0 Å². The minimum absolute atomic E-state index is 0.226. The van der Waals surface area contributed by atoms with Crippen molar-refractivity contribution in [3.8, 4) is 0 Å². The lowest BCUT2D eigenvalue weighted by Gasteiger charge is -2.33. The van der Waals surface area contributed by atoms with Crippen molar-refractivity contribution in [3.63, 3.8) is 0 Å². The highest BCUT2D eigenvalue weighted by molar-refractivity contribution is 6.09. The number of para-hydroxylation sites is 4. The molecule has 2 heterocycles. The van der Waals surface area contributed by atoms with Crippen molar-refractivity contribution in [2.45, 2.75) is 24.4 Å². The molecule has 3 aliphatic rings. The molecule has 3 unspecified atom stereocenters. The minimum atomic E-state index is 0.226. The largest absolute Gasteiger partial charge is 0.333 e. The zero-order chi connectivity index (χ0) is 29.7. The van der Waals surface area contributed by atoms with E-state index in [9.17, 15) is 0 Å². The van der Waals surface area contributed by atoms with E-state index in [0.29, 0.717) is 6.04 Å². The summed E-state index contributed by atoms with van der Waals surface area (Å²) in [5.74, 6) is 0.240. The Kier molecular flexibility index (Phi) is 6.09. The first kappa shape index (κ1) is 25.9. The number of allylic oxidation sites excluding steroid dienone is 5. The summed E-state index contributed by atoms with van der Waals surface area (Å²) in [6.45, 7) is 0. The Morgan fingerprint density at radius 2 is 1.38 bits per heavy atom. The van der Waals surface area contributed by atoms with Crippen molar-refractivity contribution < 1.29 is 0 Å². The number of aromatic nitrogens is 1. The Balaban J connectivity index is 1.19. The molecule has 9 rings (SSSR count). The smallest absolute Gasteiger partial charge is 0.0631 e. The molecule has 6 aromatic rings. The molecule has 0 saturated heterocycles. The van der Waals surface area contributed by atoms with Crippen molar-refractivity contribution in [1.82, 2.24) is 4.57 Å². The van der Waals surface area contributed by atoms with Crippen molar-refractivity contribution in [3.05, 3.63) is 181 Å². The molecule has 3 nitrogen and oxygen atoms in total. The molecule has 0 saturated carbocycles. The fourth-order valence-corrected chi connectivity index (χ4v) is 7.64. The third kappa shape index (κ3) is 4.19. The van der Waals surface area contributed by atoms with E-state index in [-0.39, 0.29) is 12.0 Å². The number of hydrogen-bond acceptors (Lipinski definition) is 2. The molecule has 216 valence electrons. The summed E-state index contributed by atoms with van der Waals surface area (Å²) >= 11 is 0. The van der Waals surface area contributed by atoms with Crippen LogP contribution < -0.4 is 9.80 Å². The Hall–Kier alpha value is -5.54. The third-order valence-corrected chi connectivity index (χ3v) is 9.58. The standard InChI is InChI=1S/C42H33N3/c1-4-14-30(15-5-1)43(33-24-26-41-37(28-33)35-20-10-12-22-39(35)44(41)31-16-6-2-7-17-31)34-25-27-42-38(29-34)36-21-11-13-23-40(36)45(42)32-18-8-3-9-19-32/h1-18,20-29,32,37,41H,19H2. The summed E-state index contributed by atoms with van der Waals surface area (Å²) in [6, 6.07) is 46.9. The van der Waals surface area contributed by atoms with Gasteiger partial charge in [0.2, 0.25) is 0 Å². The Bertz CT molecular complexity index is 2170. The van der Waals surface area contributed by atoms with Gasteiger partial charge in [-0.2, -0.15) is 0 Å². The van der Waals surface area contributed by atoms with Gasteiger partial charge in [-0.05, 0) is 72.7 Å². The van der Waals surface area contributed by atoms with E-state index >= 15 is 0 Å². The van der Waals surface area contributed by atoms with Crippen LogP contribution in [0.2, 0.25) is 0 Å². The fourth-order valence-electron chi connectivity index (χ4n) is 7.64. The first-order chi connectivity index (χ1) is 22.3. The highest BCUT2D eigenvalue weighted by Gasteiger charge is 2.38. The molecule has 0 spiro atoms. The first-order valence-corrected chi connectivity index (χ1v) is 15.9. The topological polar surface area (TPSA) is 11.4 Å². The molecule has 5 aromatic carbocycles. The van der Waals surface area contributed by atoms with Crippen LogP contribution in [0.25, 0.3) is 21.8 Å². The van der Waals surface area contributed by atoms with Crippen LogP contribution in [0.15, 0.2) is 176 Å². The Labute approximate surface area is 264 Å². The van der Waals surface area contributed by atoms with Crippen LogP contribution >= 0.6 is 0 Å². The van der Waals surface area contributed by atoms with Gasteiger partial charge >= 0.3 is 0 Å². The molecular formula is C42H33N3. The maximum absolute atomic E-state index is 2.51. The van der Waals surface area contributed by atoms with Crippen molar-refractivity contribution in [2.24, 2.45) is 0 Å². The van der Waals surface area contributed by atoms with Crippen LogP contribution in [0.4, 0.5) is 22.7 Å². The van der Waals surface area contributed by atoms with Gasteiger partial charge in [-0.1, -0.05) is 109 Å². The summed E-state index contributed by atoms with van der Waals surface area (Å²) in [7, 11) is 0. The van der Waals surface area contributed by atoms with E-state index in [2.05, 4.69) is 184 Å². The monoisotopic (exact) mass is 579 g/mol. The lowest BCUT2D eigenvalue weighted by molar-refractivity contribution is 0.648. The second-order valence-electron chi connectivity index (χ2n) is 12.1. The number of anilines is 4. The molecule has 3 atom stereocenters. The van der Waals surface area contributed by atoms with Crippen molar-refractivity contribution in [2.75, 3.05) is 9.80 Å². The van der Waals surface area contributed by atoms with E-state index < -0.39 is 0 Å². The zero-order valence-corrected chi connectivity index (χ0v) is 24.9. The predicted molar refractivity (Wildman–Crippen MR) is 189 cm³/mol. The molecule has 1 aromatic heterocycles. The molecule has 2 aliphatic carbocycles. The highest BCUT2D eigenvalue weighted by atomic mass is 15.2. The van der Waals surface area contributed by atoms with E-state index in [1.165, 1.54) is 44.4 Å². The second kappa shape index (κ2) is 10.6. The molecule has 1 aliphatic heterocycles. The first-order valence-electron chi connectivity index (χ1n) is 15.9. The third-order valence-electron chi connectivity index (χ3n) is 9.58.